The molecule has 1 unspecified atom stereocenters. The first-order chi connectivity index (χ1) is 15.7. The topological polar surface area (TPSA) is 45.1 Å². The van der Waals surface area contributed by atoms with Crippen molar-refractivity contribution >= 4 is 40.3 Å². The Morgan fingerprint density at radius 3 is 2.66 bits per heavy atom. The smallest absolute Gasteiger partial charge is 0.266 e. The second-order valence-electron chi connectivity index (χ2n) is 8.30. The molecule has 166 valence electrons. The molecule has 0 N–H and O–H groups in total. The molecule has 7 heteroatoms. The van der Waals surface area contributed by atoms with Crippen LogP contribution < -0.4 is 4.90 Å². The Hall–Kier alpha value is -2.64. The molecule has 32 heavy (non-hydrogen) atoms. The van der Waals surface area contributed by atoms with Gasteiger partial charge in [0.25, 0.3) is 5.91 Å². The normalized spacial score (nSPS) is 23.8. The maximum atomic E-state index is 14.8. The van der Waals surface area contributed by atoms with Gasteiger partial charge in [-0.15, -0.1) is 0 Å². The molecule has 2 aromatic rings. The van der Waals surface area contributed by atoms with Crippen LogP contribution >= 0.6 is 11.8 Å². The molecule has 0 bridgehead atoms. The van der Waals surface area contributed by atoms with Gasteiger partial charge in [-0.25, -0.2) is 9.38 Å². The van der Waals surface area contributed by atoms with Crippen LogP contribution in [0.25, 0.3) is 6.08 Å². The van der Waals surface area contributed by atoms with Gasteiger partial charge in [0, 0.05) is 19.7 Å². The van der Waals surface area contributed by atoms with Crippen LogP contribution in [-0.2, 0) is 9.53 Å². The standard InChI is InChI=1S/C25H26FN3O2S/c26-21-15-18(10-11-22(21)28-12-4-5-13-28)16-23-24(30)29(17-20-9-6-14-31-20)25(32-23)27-19-7-2-1-3-8-19/h1-3,7-8,10-11,15-16,20H,4-6,9,12-14,17H2/b23-16+,27-25?. The molecule has 0 aliphatic carbocycles. The van der Waals surface area contributed by atoms with Gasteiger partial charge in [0.2, 0.25) is 0 Å². The number of rotatable bonds is 5. The van der Waals surface area contributed by atoms with Gasteiger partial charge in [-0.1, -0.05) is 24.3 Å². The molecule has 0 spiro atoms. The number of aliphatic imine (C=N–C) groups is 1. The summed E-state index contributed by atoms with van der Waals surface area (Å²) in [5.74, 6) is -0.352. The van der Waals surface area contributed by atoms with Gasteiger partial charge >= 0.3 is 0 Å². The van der Waals surface area contributed by atoms with Crippen molar-refractivity contribution in [2.45, 2.75) is 31.8 Å². The van der Waals surface area contributed by atoms with Gasteiger partial charge in [0.15, 0.2) is 5.17 Å². The van der Waals surface area contributed by atoms with E-state index in [4.69, 9.17) is 9.73 Å². The Morgan fingerprint density at radius 1 is 1.12 bits per heavy atom. The third-order valence-corrected chi connectivity index (χ3v) is 7.00. The lowest BCUT2D eigenvalue weighted by atomic mass is 10.1. The molecule has 2 aromatic carbocycles. The van der Waals surface area contributed by atoms with Gasteiger partial charge in [-0.2, -0.15) is 0 Å². The number of hydrogen-bond acceptors (Lipinski definition) is 5. The van der Waals surface area contributed by atoms with E-state index in [2.05, 4.69) is 4.90 Å². The summed E-state index contributed by atoms with van der Waals surface area (Å²) < 4.78 is 20.5. The summed E-state index contributed by atoms with van der Waals surface area (Å²) in [4.78, 5) is 22.3. The van der Waals surface area contributed by atoms with Crippen LogP contribution in [0.5, 0.6) is 0 Å². The van der Waals surface area contributed by atoms with Crippen molar-refractivity contribution in [3.05, 3.63) is 64.8 Å². The molecule has 0 aromatic heterocycles. The number of thioether (sulfide) groups is 1. The van der Waals surface area contributed by atoms with Crippen molar-refractivity contribution in [2.24, 2.45) is 4.99 Å². The fraction of sp³-hybridized carbons (Fsp3) is 0.360. The van der Waals surface area contributed by atoms with E-state index >= 15 is 0 Å². The molecule has 3 heterocycles. The Kier molecular flexibility index (Phi) is 6.28. The summed E-state index contributed by atoms with van der Waals surface area (Å²) in [6, 6.07) is 14.8. The molecule has 3 aliphatic heterocycles. The number of amides is 1. The fourth-order valence-electron chi connectivity index (χ4n) is 4.34. The van der Waals surface area contributed by atoms with Gasteiger partial charge in [0.1, 0.15) is 5.82 Å². The van der Waals surface area contributed by atoms with Crippen LogP contribution in [0.4, 0.5) is 15.8 Å². The third kappa shape index (κ3) is 4.59. The maximum Gasteiger partial charge on any atom is 0.266 e. The number of amidine groups is 1. The van der Waals surface area contributed by atoms with E-state index in [0.29, 0.717) is 27.9 Å². The summed E-state index contributed by atoms with van der Waals surface area (Å²) >= 11 is 1.33. The quantitative estimate of drug-likeness (QED) is 0.586. The molecule has 3 fully saturated rings. The summed E-state index contributed by atoms with van der Waals surface area (Å²) in [5.41, 5.74) is 2.11. The van der Waals surface area contributed by atoms with Crippen LogP contribution in [-0.4, -0.2) is 48.3 Å². The minimum Gasteiger partial charge on any atom is -0.376 e. The van der Waals surface area contributed by atoms with E-state index in [1.54, 1.807) is 11.0 Å². The van der Waals surface area contributed by atoms with Crippen molar-refractivity contribution in [2.75, 3.05) is 31.1 Å². The highest BCUT2D eigenvalue weighted by molar-refractivity contribution is 8.18. The minimum absolute atomic E-state index is 0.0251. The molecule has 3 saturated heterocycles. The number of benzene rings is 2. The van der Waals surface area contributed by atoms with E-state index in [9.17, 15) is 9.18 Å². The number of carbonyl (C=O) groups is 1. The Morgan fingerprint density at radius 2 is 1.94 bits per heavy atom. The molecule has 1 atom stereocenters. The van der Waals surface area contributed by atoms with Crippen LogP contribution in [0.1, 0.15) is 31.2 Å². The number of carbonyl (C=O) groups excluding carboxylic acids is 1. The highest BCUT2D eigenvalue weighted by atomic mass is 32.2. The number of halogens is 1. The van der Waals surface area contributed by atoms with Crippen LogP contribution in [0.15, 0.2) is 58.4 Å². The zero-order valence-electron chi connectivity index (χ0n) is 17.9. The molecular formula is C25H26FN3O2S. The van der Waals surface area contributed by atoms with Crippen molar-refractivity contribution < 1.29 is 13.9 Å². The number of ether oxygens (including phenoxy) is 1. The zero-order chi connectivity index (χ0) is 21.9. The molecule has 5 rings (SSSR count). The Bertz CT molecular complexity index is 1040. The molecule has 5 nitrogen and oxygen atoms in total. The lowest BCUT2D eigenvalue weighted by Gasteiger charge is -2.19. The fourth-order valence-corrected chi connectivity index (χ4v) is 5.34. The maximum absolute atomic E-state index is 14.8. The number of nitrogens with zero attached hydrogens (tertiary/aromatic N) is 3. The number of hydrogen-bond donors (Lipinski definition) is 0. The minimum atomic E-state index is -0.244. The highest BCUT2D eigenvalue weighted by Crippen LogP contribution is 2.35. The monoisotopic (exact) mass is 451 g/mol. The van der Waals surface area contributed by atoms with E-state index in [-0.39, 0.29) is 17.8 Å². The van der Waals surface area contributed by atoms with E-state index in [0.717, 1.165) is 51.1 Å². The summed E-state index contributed by atoms with van der Waals surface area (Å²) in [7, 11) is 0. The number of para-hydroxylation sites is 1. The summed E-state index contributed by atoms with van der Waals surface area (Å²) in [6.07, 6.45) is 5.93. The SMILES string of the molecule is O=C1/C(=C\c2ccc(N3CCCC3)c(F)c2)SC(=Nc2ccccc2)N1CC1CCCO1. The van der Waals surface area contributed by atoms with Crippen molar-refractivity contribution in [3.8, 4) is 0 Å². The van der Waals surface area contributed by atoms with Gasteiger partial charge in [-0.05, 0) is 73.4 Å². The van der Waals surface area contributed by atoms with Gasteiger partial charge in [0.05, 0.1) is 28.9 Å². The van der Waals surface area contributed by atoms with Crippen LogP contribution in [0, 0.1) is 5.82 Å². The molecule has 3 aliphatic rings. The molecule has 1 amide bonds. The predicted octanol–water partition coefficient (Wildman–Crippen LogP) is 5.21. The van der Waals surface area contributed by atoms with Crippen LogP contribution in [0.3, 0.4) is 0 Å². The zero-order valence-corrected chi connectivity index (χ0v) is 18.7. The molecule has 0 saturated carbocycles. The van der Waals surface area contributed by atoms with E-state index in [1.807, 2.05) is 42.5 Å². The van der Waals surface area contributed by atoms with Crippen molar-refractivity contribution in [1.29, 1.82) is 0 Å². The predicted molar refractivity (Wildman–Crippen MR) is 128 cm³/mol. The largest absolute Gasteiger partial charge is 0.376 e. The summed E-state index contributed by atoms with van der Waals surface area (Å²) in [6.45, 7) is 3.00. The van der Waals surface area contributed by atoms with E-state index in [1.165, 1.54) is 17.8 Å². The van der Waals surface area contributed by atoms with E-state index < -0.39 is 0 Å². The first kappa shape index (κ1) is 21.2. The highest BCUT2D eigenvalue weighted by Gasteiger charge is 2.36. The average molecular weight is 452 g/mol. The van der Waals surface area contributed by atoms with Crippen molar-refractivity contribution in [3.63, 3.8) is 0 Å². The second-order valence-corrected chi connectivity index (χ2v) is 9.31. The first-order valence-corrected chi connectivity index (χ1v) is 12.0. The van der Waals surface area contributed by atoms with Crippen molar-refractivity contribution in [1.82, 2.24) is 4.90 Å². The third-order valence-electron chi connectivity index (χ3n) is 6.00. The van der Waals surface area contributed by atoms with Gasteiger partial charge in [-0.3, -0.25) is 9.69 Å². The Balaban J connectivity index is 1.42. The van der Waals surface area contributed by atoms with Crippen LogP contribution in [0.2, 0.25) is 0 Å². The Labute approximate surface area is 192 Å². The second kappa shape index (κ2) is 9.46. The molecule has 0 radical (unpaired) electrons. The molecular weight excluding hydrogens is 425 g/mol. The lowest BCUT2D eigenvalue weighted by molar-refractivity contribution is -0.123. The first-order valence-electron chi connectivity index (χ1n) is 11.2. The number of anilines is 1. The lowest BCUT2D eigenvalue weighted by Crippen LogP contribution is -2.36. The summed E-state index contributed by atoms with van der Waals surface area (Å²) in [5, 5.41) is 0.636. The van der Waals surface area contributed by atoms with Gasteiger partial charge < -0.3 is 9.64 Å². The average Bonchev–Trinajstić information content (AvgIpc) is 3.55.